The fourth-order valence-corrected chi connectivity index (χ4v) is 2.37. The lowest BCUT2D eigenvalue weighted by Crippen LogP contribution is -2.21. The van der Waals surface area contributed by atoms with Crippen LogP contribution in [0.5, 0.6) is 0 Å². The summed E-state index contributed by atoms with van der Waals surface area (Å²) in [4.78, 5) is 5.53. The Bertz CT molecular complexity index is 474. The van der Waals surface area contributed by atoms with Gasteiger partial charge in [-0.3, -0.25) is 0 Å². The standard InChI is InChI=1S/C11H17N5S/c1-4-16-9(5-14-15-16)10-6-13-11(17-10)7-12-8(2)3/h5-6,8,12H,4,7H2,1-3H3. The van der Waals surface area contributed by atoms with E-state index in [2.05, 4.69) is 41.4 Å². The van der Waals surface area contributed by atoms with Crippen LogP contribution in [0.2, 0.25) is 0 Å². The summed E-state index contributed by atoms with van der Waals surface area (Å²) in [5, 5.41) is 12.4. The maximum atomic E-state index is 4.41. The number of aryl methyl sites for hydroxylation is 1. The summed E-state index contributed by atoms with van der Waals surface area (Å²) in [6.45, 7) is 7.96. The maximum absolute atomic E-state index is 4.41. The SMILES string of the molecule is CCn1nncc1-c1cnc(CNC(C)C)s1. The summed E-state index contributed by atoms with van der Waals surface area (Å²) >= 11 is 1.69. The minimum absolute atomic E-state index is 0.477. The molecular formula is C11H17N5S. The van der Waals surface area contributed by atoms with Gasteiger partial charge in [0.15, 0.2) is 0 Å². The van der Waals surface area contributed by atoms with E-state index in [1.807, 2.05) is 10.9 Å². The molecule has 0 fully saturated rings. The van der Waals surface area contributed by atoms with Crippen LogP contribution in [0.1, 0.15) is 25.8 Å². The third-order valence-electron chi connectivity index (χ3n) is 2.38. The zero-order valence-electron chi connectivity index (χ0n) is 10.3. The molecule has 2 aromatic rings. The number of aromatic nitrogens is 4. The first kappa shape index (κ1) is 12.2. The molecule has 5 nitrogen and oxygen atoms in total. The van der Waals surface area contributed by atoms with E-state index in [0.717, 1.165) is 28.7 Å². The van der Waals surface area contributed by atoms with E-state index >= 15 is 0 Å². The molecule has 0 spiro atoms. The molecule has 0 atom stereocenters. The van der Waals surface area contributed by atoms with Gasteiger partial charge in [-0.2, -0.15) is 0 Å². The third-order valence-corrected chi connectivity index (χ3v) is 3.40. The van der Waals surface area contributed by atoms with Crippen molar-refractivity contribution in [3.8, 4) is 10.6 Å². The topological polar surface area (TPSA) is 55.6 Å². The molecule has 2 heterocycles. The molecule has 0 saturated carbocycles. The molecule has 1 N–H and O–H groups in total. The van der Waals surface area contributed by atoms with Gasteiger partial charge in [-0.05, 0) is 6.92 Å². The van der Waals surface area contributed by atoms with Crippen LogP contribution in [0.4, 0.5) is 0 Å². The molecule has 2 rings (SSSR count). The Morgan fingerprint density at radius 1 is 1.41 bits per heavy atom. The molecule has 2 aromatic heterocycles. The summed E-state index contributed by atoms with van der Waals surface area (Å²) in [6, 6.07) is 0.477. The lowest BCUT2D eigenvalue weighted by molar-refractivity contribution is 0.587. The Morgan fingerprint density at radius 2 is 2.24 bits per heavy atom. The zero-order chi connectivity index (χ0) is 12.3. The van der Waals surface area contributed by atoms with Crippen LogP contribution in [0, 0.1) is 0 Å². The number of nitrogens with one attached hydrogen (secondary N) is 1. The van der Waals surface area contributed by atoms with Crippen LogP contribution in [-0.4, -0.2) is 26.0 Å². The molecule has 0 unspecified atom stereocenters. The van der Waals surface area contributed by atoms with Crippen LogP contribution in [0.3, 0.4) is 0 Å². The van der Waals surface area contributed by atoms with E-state index < -0.39 is 0 Å². The highest BCUT2D eigenvalue weighted by molar-refractivity contribution is 7.15. The molecule has 92 valence electrons. The van der Waals surface area contributed by atoms with Crippen molar-refractivity contribution in [1.29, 1.82) is 0 Å². The van der Waals surface area contributed by atoms with Gasteiger partial charge in [-0.1, -0.05) is 19.1 Å². The molecule has 0 aliphatic rings. The lowest BCUT2D eigenvalue weighted by atomic mass is 10.4. The van der Waals surface area contributed by atoms with Gasteiger partial charge in [0, 0.05) is 25.3 Å². The van der Waals surface area contributed by atoms with Crippen molar-refractivity contribution in [2.75, 3.05) is 0 Å². The summed E-state index contributed by atoms with van der Waals surface area (Å²) in [5.41, 5.74) is 1.04. The molecule has 0 aromatic carbocycles. The van der Waals surface area contributed by atoms with Crippen molar-refractivity contribution in [3.05, 3.63) is 17.4 Å². The Morgan fingerprint density at radius 3 is 2.94 bits per heavy atom. The van der Waals surface area contributed by atoms with Gasteiger partial charge in [-0.25, -0.2) is 9.67 Å². The molecule has 0 aliphatic carbocycles. The minimum Gasteiger partial charge on any atom is -0.308 e. The van der Waals surface area contributed by atoms with Crippen molar-refractivity contribution in [1.82, 2.24) is 25.3 Å². The van der Waals surface area contributed by atoms with E-state index in [9.17, 15) is 0 Å². The van der Waals surface area contributed by atoms with Gasteiger partial charge in [0.05, 0.1) is 11.1 Å². The predicted octanol–water partition coefficient (Wildman–Crippen LogP) is 1.92. The van der Waals surface area contributed by atoms with Gasteiger partial charge in [0.1, 0.15) is 10.7 Å². The molecule has 17 heavy (non-hydrogen) atoms. The minimum atomic E-state index is 0.477. The molecule has 0 bridgehead atoms. The highest BCUT2D eigenvalue weighted by Gasteiger charge is 2.09. The van der Waals surface area contributed by atoms with Crippen LogP contribution >= 0.6 is 11.3 Å². The van der Waals surface area contributed by atoms with E-state index in [1.54, 1.807) is 17.5 Å². The van der Waals surface area contributed by atoms with Crippen LogP contribution in [0.15, 0.2) is 12.4 Å². The van der Waals surface area contributed by atoms with Crippen LogP contribution < -0.4 is 5.32 Å². The van der Waals surface area contributed by atoms with E-state index in [-0.39, 0.29) is 0 Å². The van der Waals surface area contributed by atoms with Crippen molar-refractivity contribution in [2.45, 2.75) is 39.9 Å². The fourth-order valence-electron chi connectivity index (χ4n) is 1.48. The van der Waals surface area contributed by atoms with E-state index in [4.69, 9.17) is 0 Å². The van der Waals surface area contributed by atoms with Crippen molar-refractivity contribution < 1.29 is 0 Å². The van der Waals surface area contributed by atoms with Gasteiger partial charge in [0.2, 0.25) is 0 Å². The molecular weight excluding hydrogens is 234 g/mol. The maximum Gasteiger partial charge on any atom is 0.107 e. The van der Waals surface area contributed by atoms with Crippen LogP contribution in [-0.2, 0) is 13.1 Å². The largest absolute Gasteiger partial charge is 0.308 e. The van der Waals surface area contributed by atoms with Gasteiger partial charge >= 0.3 is 0 Å². The predicted molar refractivity (Wildman–Crippen MR) is 68.8 cm³/mol. The van der Waals surface area contributed by atoms with Crippen LogP contribution in [0.25, 0.3) is 10.6 Å². The molecule has 0 radical (unpaired) electrons. The van der Waals surface area contributed by atoms with E-state index in [1.165, 1.54) is 0 Å². The summed E-state index contributed by atoms with van der Waals surface area (Å²) < 4.78 is 1.88. The number of thiazole rings is 1. The van der Waals surface area contributed by atoms with Gasteiger partial charge in [0.25, 0.3) is 0 Å². The van der Waals surface area contributed by atoms with Crippen molar-refractivity contribution in [3.63, 3.8) is 0 Å². The normalized spacial score (nSPS) is 11.3. The average molecular weight is 251 g/mol. The second kappa shape index (κ2) is 5.37. The second-order valence-electron chi connectivity index (χ2n) is 4.09. The average Bonchev–Trinajstić information content (AvgIpc) is 2.94. The number of nitrogens with zero attached hydrogens (tertiary/aromatic N) is 4. The van der Waals surface area contributed by atoms with Gasteiger partial charge in [-0.15, -0.1) is 16.4 Å². The second-order valence-corrected chi connectivity index (χ2v) is 5.20. The summed E-state index contributed by atoms with van der Waals surface area (Å²) in [6.07, 6.45) is 3.68. The highest BCUT2D eigenvalue weighted by atomic mass is 32.1. The molecule has 0 saturated heterocycles. The molecule has 0 amide bonds. The summed E-state index contributed by atoms with van der Waals surface area (Å²) in [5.74, 6) is 0. The van der Waals surface area contributed by atoms with Gasteiger partial charge < -0.3 is 5.32 Å². The fraction of sp³-hybridized carbons (Fsp3) is 0.545. The zero-order valence-corrected chi connectivity index (χ0v) is 11.2. The number of rotatable bonds is 5. The van der Waals surface area contributed by atoms with Crippen molar-refractivity contribution in [2.24, 2.45) is 0 Å². The Hall–Kier alpha value is -1.27. The first-order valence-electron chi connectivity index (χ1n) is 5.77. The first-order valence-corrected chi connectivity index (χ1v) is 6.59. The lowest BCUT2D eigenvalue weighted by Gasteiger charge is -2.04. The first-order chi connectivity index (χ1) is 8.20. The number of hydrogen-bond acceptors (Lipinski definition) is 5. The Labute approximate surface area is 105 Å². The molecule has 6 heteroatoms. The quantitative estimate of drug-likeness (QED) is 0.882. The Balaban J connectivity index is 2.12. The van der Waals surface area contributed by atoms with Crippen molar-refractivity contribution >= 4 is 11.3 Å². The smallest absolute Gasteiger partial charge is 0.107 e. The number of hydrogen-bond donors (Lipinski definition) is 1. The molecule has 0 aliphatic heterocycles. The van der Waals surface area contributed by atoms with E-state index in [0.29, 0.717) is 6.04 Å². The monoisotopic (exact) mass is 251 g/mol. The third kappa shape index (κ3) is 2.89. The summed E-state index contributed by atoms with van der Waals surface area (Å²) in [7, 11) is 0. The highest BCUT2D eigenvalue weighted by Crippen LogP contribution is 2.25. The Kier molecular flexibility index (Phi) is 3.86.